The minimum absolute atomic E-state index is 0.00912. The molecule has 5 rings (SSSR count). The summed E-state index contributed by atoms with van der Waals surface area (Å²) in [7, 11) is 1.63. The summed E-state index contributed by atoms with van der Waals surface area (Å²) in [5, 5.41) is 8.00. The number of amides is 2. The molecule has 1 aliphatic heterocycles. The van der Waals surface area contributed by atoms with Crippen molar-refractivity contribution in [1.82, 2.24) is 15.1 Å². The maximum atomic E-state index is 13.8. The molecule has 0 radical (unpaired) electrons. The van der Waals surface area contributed by atoms with Crippen LogP contribution in [0.25, 0.3) is 16.9 Å². The van der Waals surface area contributed by atoms with Crippen LogP contribution in [0.5, 0.6) is 5.75 Å². The zero-order valence-corrected chi connectivity index (χ0v) is 24.1. The standard InChI is InChI=1S/C32H34N4O3S/c1-5-22(3)33-27(37)19-35-28(38)20-40-31(24-13-9-10-21(2)18-24)29-30(23-11-7-6-8-12-23)34-36(32(29)35)25-14-16-26(39-4)17-15-25/h6-18,22,31H,5,19-20H2,1-4H3,(H,33,37). The summed E-state index contributed by atoms with van der Waals surface area (Å²) in [4.78, 5) is 28.6. The molecule has 40 heavy (non-hydrogen) atoms. The lowest BCUT2D eigenvalue weighted by Crippen LogP contribution is -2.44. The van der Waals surface area contributed by atoms with E-state index in [0.29, 0.717) is 5.82 Å². The molecule has 0 fully saturated rings. The Labute approximate surface area is 239 Å². The molecule has 8 heteroatoms. The molecule has 0 bridgehead atoms. The number of carbonyl (C=O) groups is 2. The lowest BCUT2D eigenvalue weighted by molar-refractivity contribution is -0.123. The van der Waals surface area contributed by atoms with Crippen LogP contribution >= 0.6 is 11.8 Å². The van der Waals surface area contributed by atoms with Gasteiger partial charge in [0.1, 0.15) is 18.1 Å². The highest BCUT2D eigenvalue weighted by atomic mass is 32.2. The van der Waals surface area contributed by atoms with Gasteiger partial charge in [-0.25, -0.2) is 4.68 Å². The van der Waals surface area contributed by atoms with Gasteiger partial charge in [-0.2, -0.15) is 5.10 Å². The third-order valence-corrected chi connectivity index (χ3v) is 8.37. The van der Waals surface area contributed by atoms with Gasteiger partial charge in [-0.05, 0) is 50.1 Å². The Bertz CT molecular complexity index is 1500. The quantitative estimate of drug-likeness (QED) is 0.292. The van der Waals surface area contributed by atoms with Gasteiger partial charge in [0.05, 0.1) is 29.5 Å². The lowest BCUT2D eigenvalue weighted by Gasteiger charge is -2.24. The van der Waals surface area contributed by atoms with Gasteiger partial charge >= 0.3 is 0 Å². The van der Waals surface area contributed by atoms with E-state index >= 15 is 0 Å². The van der Waals surface area contributed by atoms with E-state index in [1.807, 2.05) is 74.5 Å². The first-order valence-corrected chi connectivity index (χ1v) is 14.5. The molecule has 0 spiro atoms. The minimum Gasteiger partial charge on any atom is -0.497 e. The summed E-state index contributed by atoms with van der Waals surface area (Å²) in [5.41, 5.74) is 5.66. The van der Waals surface area contributed by atoms with Crippen molar-refractivity contribution in [1.29, 1.82) is 0 Å². The van der Waals surface area contributed by atoms with E-state index in [2.05, 4.69) is 30.4 Å². The number of anilines is 1. The van der Waals surface area contributed by atoms with Gasteiger partial charge in [0, 0.05) is 17.2 Å². The molecule has 206 valence electrons. The smallest absolute Gasteiger partial charge is 0.240 e. The van der Waals surface area contributed by atoms with Crippen LogP contribution < -0.4 is 15.0 Å². The molecule has 0 saturated carbocycles. The van der Waals surface area contributed by atoms with Gasteiger partial charge in [-0.3, -0.25) is 14.5 Å². The highest BCUT2D eigenvalue weighted by Gasteiger charge is 2.37. The molecule has 3 aromatic carbocycles. The maximum absolute atomic E-state index is 13.8. The van der Waals surface area contributed by atoms with Crippen LogP contribution in [0.4, 0.5) is 5.82 Å². The first-order chi connectivity index (χ1) is 19.4. The van der Waals surface area contributed by atoms with E-state index in [0.717, 1.165) is 45.8 Å². The van der Waals surface area contributed by atoms with Crippen molar-refractivity contribution in [3.8, 4) is 22.7 Å². The average molecular weight is 555 g/mol. The van der Waals surface area contributed by atoms with Gasteiger partial charge in [-0.1, -0.05) is 67.1 Å². The summed E-state index contributed by atoms with van der Waals surface area (Å²) in [6, 6.07) is 26.0. The largest absolute Gasteiger partial charge is 0.497 e. The lowest BCUT2D eigenvalue weighted by atomic mass is 9.98. The monoisotopic (exact) mass is 554 g/mol. The normalized spacial score (nSPS) is 15.8. The van der Waals surface area contributed by atoms with Crippen LogP contribution in [-0.2, 0) is 9.59 Å². The first kappa shape index (κ1) is 27.5. The molecular formula is C32H34N4O3S. The molecule has 1 N–H and O–H groups in total. The van der Waals surface area contributed by atoms with Crippen molar-refractivity contribution in [2.24, 2.45) is 0 Å². The van der Waals surface area contributed by atoms with Crippen LogP contribution in [0.2, 0.25) is 0 Å². The zero-order chi connectivity index (χ0) is 28.2. The van der Waals surface area contributed by atoms with Gasteiger partial charge < -0.3 is 10.1 Å². The molecule has 0 aliphatic carbocycles. The maximum Gasteiger partial charge on any atom is 0.240 e. The minimum atomic E-state index is -0.198. The number of benzene rings is 3. The van der Waals surface area contributed by atoms with E-state index in [-0.39, 0.29) is 35.4 Å². The third-order valence-electron chi connectivity index (χ3n) is 7.12. The number of thioether (sulfide) groups is 1. The zero-order valence-electron chi connectivity index (χ0n) is 23.3. The second-order valence-corrected chi connectivity index (χ2v) is 11.1. The Balaban J connectivity index is 1.77. The molecule has 1 aromatic heterocycles. The fraction of sp³-hybridized carbons (Fsp3) is 0.281. The van der Waals surface area contributed by atoms with Crippen LogP contribution in [0.15, 0.2) is 78.9 Å². The number of aromatic nitrogens is 2. The highest BCUT2D eigenvalue weighted by Crippen LogP contribution is 2.48. The predicted octanol–water partition coefficient (Wildman–Crippen LogP) is 5.94. The van der Waals surface area contributed by atoms with Crippen molar-refractivity contribution in [2.45, 2.75) is 38.5 Å². The summed E-state index contributed by atoms with van der Waals surface area (Å²) in [6.45, 7) is 5.97. The Kier molecular flexibility index (Phi) is 8.26. The van der Waals surface area contributed by atoms with Gasteiger partial charge in [0.25, 0.3) is 0 Å². The van der Waals surface area contributed by atoms with Crippen LogP contribution in [-0.4, -0.2) is 47.0 Å². The van der Waals surface area contributed by atoms with Gasteiger partial charge in [0.2, 0.25) is 11.8 Å². The van der Waals surface area contributed by atoms with E-state index in [1.54, 1.807) is 28.5 Å². The van der Waals surface area contributed by atoms with Gasteiger partial charge in [-0.15, -0.1) is 11.8 Å². The Morgan fingerprint density at radius 1 is 1.10 bits per heavy atom. The number of aryl methyl sites for hydroxylation is 1. The predicted molar refractivity (Wildman–Crippen MR) is 161 cm³/mol. The molecule has 2 atom stereocenters. The fourth-order valence-corrected chi connectivity index (χ4v) is 6.08. The molecule has 2 unspecified atom stereocenters. The number of methoxy groups -OCH3 is 1. The molecular weight excluding hydrogens is 520 g/mol. The molecule has 2 amide bonds. The summed E-state index contributed by atoms with van der Waals surface area (Å²) in [6.07, 6.45) is 0.804. The summed E-state index contributed by atoms with van der Waals surface area (Å²) in [5.74, 6) is 1.25. The third kappa shape index (κ3) is 5.63. The van der Waals surface area contributed by atoms with Crippen molar-refractivity contribution >= 4 is 29.4 Å². The Morgan fingerprint density at radius 2 is 1.85 bits per heavy atom. The SMILES string of the molecule is CCC(C)NC(=O)CN1C(=O)CSC(c2cccc(C)c2)c2c(-c3ccccc3)nn(-c3ccc(OC)cc3)c21. The van der Waals surface area contributed by atoms with E-state index in [1.165, 1.54) is 0 Å². The number of nitrogens with zero attached hydrogens (tertiary/aromatic N) is 3. The van der Waals surface area contributed by atoms with Crippen molar-refractivity contribution in [3.05, 3.63) is 95.6 Å². The number of rotatable bonds is 8. The van der Waals surface area contributed by atoms with Crippen LogP contribution in [0.1, 0.15) is 42.2 Å². The summed E-state index contributed by atoms with van der Waals surface area (Å²) >= 11 is 1.57. The van der Waals surface area contributed by atoms with E-state index in [4.69, 9.17) is 9.84 Å². The molecule has 2 heterocycles. The average Bonchev–Trinajstić information content (AvgIpc) is 3.30. The second kappa shape index (κ2) is 12.0. The van der Waals surface area contributed by atoms with Crippen LogP contribution in [0, 0.1) is 6.92 Å². The second-order valence-electron chi connectivity index (χ2n) is 10.0. The van der Waals surface area contributed by atoms with E-state index < -0.39 is 0 Å². The highest BCUT2D eigenvalue weighted by molar-refractivity contribution is 8.00. The van der Waals surface area contributed by atoms with E-state index in [9.17, 15) is 9.59 Å². The number of nitrogens with one attached hydrogen (secondary N) is 1. The number of carbonyl (C=O) groups excluding carboxylic acids is 2. The molecule has 4 aromatic rings. The number of ether oxygens (including phenoxy) is 1. The number of fused-ring (bicyclic) bond motifs is 1. The fourth-order valence-electron chi connectivity index (χ4n) is 4.89. The van der Waals surface area contributed by atoms with Crippen molar-refractivity contribution in [2.75, 3.05) is 24.3 Å². The molecule has 7 nitrogen and oxygen atoms in total. The Hall–Kier alpha value is -4.04. The molecule has 0 saturated heterocycles. The number of hydrogen-bond donors (Lipinski definition) is 1. The first-order valence-electron chi connectivity index (χ1n) is 13.5. The number of hydrogen-bond acceptors (Lipinski definition) is 5. The topological polar surface area (TPSA) is 76.5 Å². The van der Waals surface area contributed by atoms with Crippen LogP contribution in [0.3, 0.4) is 0 Å². The summed E-state index contributed by atoms with van der Waals surface area (Å²) < 4.78 is 7.19. The molecule has 1 aliphatic rings. The van der Waals surface area contributed by atoms with Crippen molar-refractivity contribution < 1.29 is 14.3 Å². The van der Waals surface area contributed by atoms with Crippen molar-refractivity contribution in [3.63, 3.8) is 0 Å². The Morgan fingerprint density at radius 3 is 2.52 bits per heavy atom. The van der Waals surface area contributed by atoms with Gasteiger partial charge in [0.15, 0.2) is 0 Å².